The van der Waals surface area contributed by atoms with Gasteiger partial charge in [0.05, 0.1) is 5.75 Å². The van der Waals surface area contributed by atoms with Crippen molar-refractivity contribution in [2.75, 3.05) is 5.75 Å². The van der Waals surface area contributed by atoms with Crippen LogP contribution in [0.1, 0.15) is 48.8 Å². The fourth-order valence-corrected chi connectivity index (χ4v) is 5.54. The number of benzene rings is 3. The number of nitrogens with one attached hydrogen (secondary N) is 1. The maximum Gasteiger partial charge on any atom is 0.243 e. The average molecular weight is 501 g/mol. The Morgan fingerprint density at radius 3 is 2.17 bits per heavy atom. The van der Waals surface area contributed by atoms with Gasteiger partial charge in [-0.2, -0.15) is 0 Å². The maximum absolute atomic E-state index is 13.8. The number of carbonyl (C=O) groups is 2. The molecule has 0 aromatic heterocycles. The molecular formula is C31H36N2O2S. The van der Waals surface area contributed by atoms with Gasteiger partial charge in [-0.05, 0) is 43.0 Å². The van der Waals surface area contributed by atoms with Crippen molar-refractivity contribution in [2.45, 2.75) is 69.0 Å². The molecule has 0 unspecified atom stereocenters. The van der Waals surface area contributed by atoms with Crippen molar-refractivity contribution >= 4 is 23.6 Å². The molecule has 1 saturated carbocycles. The van der Waals surface area contributed by atoms with Gasteiger partial charge in [-0.3, -0.25) is 9.59 Å². The zero-order chi connectivity index (χ0) is 25.2. The normalized spacial score (nSPS) is 14.7. The highest BCUT2D eigenvalue weighted by Gasteiger charge is 2.31. The SMILES string of the molecule is Cc1ccc(CN(C(=O)CSc2ccccc2)[C@H](Cc2ccccc2)C(=O)NC2CCCCC2)cc1. The Balaban J connectivity index is 1.60. The molecule has 0 spiro atoms. The fourth-order valence-electron chi connectivity index (χ4n) is 4.73. The first-order valence-corrected chi connectivity index (χ1v) is 13.9. The van der Waals surface area contributed by atoms with Gasteiger partial charge >= 0.3 is 0 Å². The first-order valence-electron chi connectivity index (χ1n) is 13.0. The monoisotopic (exact) mass is 500 g/mol. The molecular weight excluding hydrogens is 464 g/mol. The molecule has 1 aliphatic carbocycles. The number of nitrogens with zero attached hydrogens (tertiary/aromatic N) is 1. The molecule has 1 atom stereocenters. The summed E-state index contributed by atoms with van der Waals surface area (Å²) in [7, 11) is 0. The van der Waals surface area contributed by atoms with E-state index in [1.165, 1.54) is 23.7 Å². The van der Waals surface area contributed by atoms with E-state index in [1.807, 2.05) is 60.7 Å². The lowest BCUT2D eigenvalue weighted by atomic mass is 9.94. The number of amides is 2. The molecule has 188 valence electrons. The van der Waals surface area contributed by atoms with Crippen LogP contribution in [-0.2, 0) is 22.6 Å². The summed E-state index contributed by atoms with van der Waals surface area (Å²) in [5.41, 5.74) is 3.26. The molecule has 3 aromatic rings. The van der Waals surface area contributed by atoms with Crippen molar-refractivity contribution in [2.24, 2.45) is 0 Å². The Labute approximate surface area is 219 Å². The third-order valence-corrected chi connectivity index (χ3v) is 7.80. The lowest BCUT2D eigenvalue weighted by molar-refractivity contribution is -0.139. The van der Waals surface area contributed by atoms with E-state index in [4.69, 9.17) is 0 Å². The topological polar surface area (TPSA) is 49.4 Å². The lowest BCUT2D eigenvalue weighted by Gasteiger charge is -2.33. The number of thioether (sulfide) groups is 1. The molecule has 1 N–H and O–H groups in total. The molecule has 1 fully saturated rings. The lowest BCUT2D eigenvalue weighted by Crippen LogP contribution is -2.53. The second-order valence-electron chi connectivity index (χ2n) is 9.66. The van der Waals surface area contributed by atoms with Crippen LogP contribution in [0.2, 0.25) is 0 Å². The third-order valence-electron chi connectivity index (χ3n) is 6.80. The zero-order valence-electron chi connectivity index (χ0n) is 21.1. The summed E-state index contributed by atoms with van der Waals surface area (Å²) in [6.07, 6.45) is 6.04. The van der Waals surface area contributed by atoms with E-state index < -0.39 is 6.04 Å². The fraction of sp³-hybridized carbons (Fsp3) is 0.355. The van der Waals surface area contributed by atoms with Gasteiger partial charge in [-0.15, -0.1) is 11.8 Å². The van der Waals surface area contributed by atoms with Gasteiger partial charge in [0.25, 0.3) is 0 Å². The minimum absolute atomic E-state index is 0.0239. The van der Waals surface area contributed by atoms with Gasteiger partial charge in [0.1, 0.15) is 6.04 Å². The Morgan fingerprint density at radius 1 is 0.861 bits per heavy atom. The molecule has 0 saturated heterocycles. The van der Waals surface area contributed by atoms with Crippen LogP contribution in [0, 0.1) is 6.92 Å². The molecule has 36 heavy (non-hydrogen) atoms. The van der Waals surface area contributed by atoms with Crippen LogP contribution in [0.25, 0.3) is 0 Å². The Bertz CT molecular complexity index is 1100. The third kappa shape index (κ3) is 7.72. The van der Waals surface area contributed by atoms with Crippen molar-refractivity contribution in [3.05, 3.63) is 102 Å². The summed E-state index contributed by atoms with van der Waals surface area (Å²) < 4.78 is 0. The molecule has 0 aliphatic heterocycles. The Hall–Kier alpha value is -3.05. The van der Waals surface area contributed by atoms with Crippen molar-refractivity contribution in [3.63, 3.8) is 0 Å². The van der Waals surface area contributed by atoms with Crippen LogP contribution < -0.4 is 5.32 Å². The van der Waals surface area contributed by atoms with Gasteiger partial charge in [0, 0.05) is 23.9 Å². The maximum atomic E-state index is 13.8. The van der Waals surface area contributed by atoms with E-state index in [0.717, 1.165) is 41.7 Å². The molecule has 4 rings (SSSR count). The van der Waals surface area contributed by atoms with E-state index in [-0.39, 0.29) is 23.6 Å². The first kappa shape index (κ1) is 26.0. The molecule has 0 radical (unpaired) electrons. The van der Waals surface area contributed by atoms with Crippen LogP contribution >= 0.6 is 11.8 Å². The van der Waals surface area contributed by atoms with E-state index >= 15 is 0 Å². The van der Waals surface area contributed by atoms with Crippen molar-refractivity contribution in [1.82, 2.24) is 10.2 Å². The summed E-state index contributed by atoms with van der Waals surface area (Å²) in [5, 5.41) is 3.30. The van der Waals surface area contributed by atoms with Gasteiger partial charge in [-0.1, -0.05) is 97.6 Å². The van der Waals surface area contributed by atoms with E-state index in [0.29, 0.717) is 13.0 Å². The molecule has 5 heteroatoms. The second-order valence-corrected chi connectivity index (χ2v) is 10.7. The number of hydrogen-bond acceptors (Lipinski definition) is 3. The van der Waals surface area contributed by atoms with E-state index in [1.54, 1.807) is 4.90 Å². The molecule has 0 bridgehead atoms. The van der Waals surface area contributed by atoms with Crippen molar-refractivity contribution in [3.8, 4) is 0 Å². The van der Waals surface area contributed by atoms with Crippen LogP contribution in [0.15, 0.2) is 89.8 Å². The van der Waals surface area contributed by atoms with E-state index in [9.17, 15) is 9.59 Å². The summed E-state index contributed by atoms with van der Waals surface area (Å²) >= 11 is 1.52. The van der Waals surface area contributed by atoms with Crippen LogP contribution in [-0.4, -0.2) is 34.6 Å². The standard InChI is InChI=1S/C31H36N2O2S/c1-24-17-19-26(20-18-24)22-33(30(34)23-36-28-15-9-4-10-16-28)29(21-25-11-5-2-6-12-25)31(35)32-27-13-7-3-8-14-27/h2,4-6,9-12,15-20,27,29H,3,7-8,13-14,21-23H2,1H3,(H,32,35)/t29-/m1/s1. The number of rotatable bonds is 10. The molecule has 1 aliphatic rings. The highest BCUT2D eigenvalue weighted by Crippen LogP contribution is 2.22. The molecule has 0 heterocycles. The molecule has 4 nitrogen and oxygen atoms in total. The molecule has 3 aromatic carbocycles. The Morgan fingerprint density at radius 2 is 1.50 bits per heavy atom. The van der Waals surface area contributed by atoms with Crippen LogP contribution in [0.5, 0.6) is 0 Å². The minimum Gasteiger partial charge on any atom is -0.352 e. The summed E-state index contributed by atoms with van der Waals surface area (Å²) in [6, 6.07) is 27.8. The van der Waals surface area contributed by atoms with Gasteiger partial charge in [0.2, 0.25) is 11.8 Å². The smallest absolute Gasteiger partial charge is 0.243 e. The summed E-state index contributed by atoms with van der Waals surface area (Å²) in [6.45, 7) is 2.46. The predicted octanol–water partition coefficient (Wildman–Crippen LogP) is 6.18. The minimum atomic E-state index is -0.570. The quantitative estimate of drug-likeness (QED) is 0.338. The average Bonchev–Trinajstić information content (AvgIpc) is 2.92. The first-order chi connectivity index (χ1) is 17.6. The second kappa shape index (κ2) is 13.3. The van der Waals surface area contributed by atoms with Crippen molar-refractivity contribution < 1.29 is 9.59 Å². The predicted molar refractivity (Wildman–Crippen MR) is 148 cm³/mol. The Kier molecular flexibility index (Phi) is 9.62. The zero-order valence-corrected chi connectivity index (χ0v) is 21.9. The number of carbonyl (C=O) groups excluding carboxylic acids is 2. The van der Waals surface area contributed by atoms with Crippen molar-refractivity contribution in [1.29, 1.82) is 0 Å². The summed E-state index contributed by atoms with van der Waals surface area (Å²) in [5.74, 6) is 0.220. The van der Waals surface area contributed by atoms with E-state index in [2.05, 4.69) is 36.5 Å². The highest BCUT2D eigenvalue weighted by atomic mass is 32.2. The summed E-state index contributed by atoms with van der Waals surface area (Å²) in [4.78, 5) is 30.4. The molecule has 2 amide bonds. The van der Waals surface area contributed by atoms with Crippen LogP contribution in [0.4, 0.5) is 0 Å². The highest BCUT2D eigenvalue weighted by molar-refractivity contribution is 8.00. The van der Waals surface area contributed by atoms with Gasteiger partial charge in [0.15, 0.2) is 0 Å². The van der Waals surface area contributed by atoms with Gasteiger partial charge < -0.3 is 10.2 Å². The number of hydrogen-bond donors (Lipinski definition) is 1. The largest absolute Gasteiger partial charge is 0.352 e. The van der Waals surface area contributed by atoms with Crippen LogP contribution in [0.3, 0.4) is 0 Å². The van der Waals surface area contributed by atoms with Gasteiger partial charge in [-0.25, -0.2) is 0 Å². The number of aryl methyl sites for hydroxylation is 1.